The number of furan rings is 2. The average molecular weight is 910 g/mol. The minimum Gasteiger partial charge on any atom is -0.456 e. The maximum absolute atomic E-state index is 7.28. The van der Waals surface area contributed by atoms with E-state index in [1.165, 1.54) is 44.3 Å². The SMILES string of the molecule is CC(C)(C)c1ccc(Nc2cc3c(cc2-c2c4c5c(c6cc(C(C)(C)C)ccc6n5-c5cc6cc(-c7ccccc7)oc6cc5[B]4)c4oc5ccccc5c24)-c2ccc(C(C)(C)C)cc2C3(C)C)cc1. The molecular formula is C65H58BN2O2. The molecule has 0 saturated heterocycles. The molecule has 343 valence electrons. The molecule has 1 radical (unpaired) electrons. The molecule has 0 unspecified atom stereocenters. The zero-order valence-electron chi connectivity index (χ0n) is 42.2. The Morgan fingerprint density at radius 3 is 1.96 bits per heavy atom. The summed E-state index contributed by atoms with van der Waals surface area (Å²) < 4.78 is 16.5. The molecule has 0 atom stereocenters. The van der Waals surface area contributed by atoms with Crippen LogP contribution in [-0.4, -0.2) is 11.8 Å². The van der Waals surface area contributed by atoms with E-state index >= 15 is 0 Å². The molecule has 0 fully saturated rings. The second-order valence-electron chi connectivity index (χ2n) is 23.7. The molecule has 4 nitrogen and oxygen atoms in total. The van der Waals surface area contributed by atoms with Gasteiger partial charge in [0.15, 0.2) is 7.28 Å². The number of benzene rings is 8. The van der Waals surface area contributed by atoms with E-state index in [-0.39, 0.29) is 21.7 Å². The lowest BCUT2D eigenvalue weighted by Gasteiger charge is -2.27. The van der Waals surface area contributed by atoms with Gasteiger partial charge < -0.3 is 18.7 Å². The van der Waals surface area contributed by atoms with Crippen LogP contribution in [0.25, 0.3) is 94.0 Å². The first-order valence-electron chi connectivity index (χ1n) is 25.0. The van der Waals surface area contributed by atoms with Crippen LogP contribution in [0.1, 0.15) is 104 Å². The number of aromatic nitrogens is 1. The van der Waals surface area contributed by atoms with E-state index in [1.54, 1.807) is 0 Å². The van der Waals surface area contributed by atoms with Gasteiger partial charge in [0.25, 0.3) is 0 Å². The Hall–Kier alpha value is -7.24. The van der Waals surface area contributed by atoms with Crippen molar-refractivity contribution in [1.29, 1.82) is 0 Å². The zero-order chi connectivity index (χ0) is 48.4. The van der Waals surface area contributed by atoms with Crippen molar-refractivity contribution in [3.05, 3.63) is 173 Å². The molecule has 0 saturated carbocycles. The van der Waals surface area contributed by atoms with Crippen molar-refractivity contribution in [2.75, 3.05) is 5.32 Å². The third kappa shape index (κ3) is 6.29. The van der Waals surface area contributed by atoms with E-state index < -0.39 is 0 Å². The molecule has 70 heavy (non-hydrogen) atoms. The normalized spacial score (nSPS) is 14.2. The Morgan fingerprint density at radius 1 is 0.543 bits per heavy atom. The molecule has 13 rings (SSSR count). The third-order valence-electron chi connectivity index (χ3n) is 15.7. The topological polar surface area (TPSA) is 43.2 Å². The fraction of sp³-hybridized carbons (Fsp3) is 0.231. The summed E-state index contributed by atoms with van der Waals surface area (Å²) in [7, 11) is 2.44. The Balaban J connectivity index is 1.17. The van der Waals surface area contributed by atoms with Crippen LogP contribution in [0, 0.1) is 0 Å². The molecule has 1 aliphatic carbocycles. The molecule has 11 aromatic rings. The standard InChI is InChI=1S/C65H58BN2O2/c1-62(2,3)38-21-25-41(26-22-38)67-50-34-48-44(42-27-23-40(64(7,8)9)32-47(42)65(48,10)11)33-45(50)56-57-43-19-15-16-20-53(43)70-61(57)58-46-31-39(63(4,5)6)24-28-51(46)68-52-29-37-30-54(36-17-13-12-14-18-36)69-55(37)35-49(52)66-59(56)60(58)68/h12-35,67H,1-11H3. The van der Waals surface area contributed by atoms with Crippen molar-refractivity contribution in [3.63, 3.8) is 0 Å². The number of nitrogens with zero attached hydrogens (tertiary/aromatic N) is 1. The number of nitrogens with one attached hydrogen (secondary N) is 1. The molecule has 2 aliphatic rings. The molecule has 8 aromatic carbocycles. The van der Waals surface area contributed by atoms with Gasteiger partial charge in [0.1, 0.15) is 22.5 Å². The predicted octanol–water partition coefficient (Wildman–Crippen LogP) is 16.7. The van der Waals surface area contributed by atoms with Gasteiger partial charge in [0.2, 0.25) is 0 Å². The molecule has 0 spiro atoms. The van der Waals surface area contributed by atoms with E-state index in [9.17, 15) is 0 Å². The lowest BCUT2D eigenvalue weighted by atomic mass is 9.58. The van der Waals surface area contributed by atoms with Gasteiger partial charge in [-0.25, -0.2) is 0 Å². The van der Waals surface area contributed by atoms with E-state index in [0.29, 0.717) is 0 Å². The monoisotopic (exact) mass is 909 g/mol. The molecule has 5 heteroatoms. The fourth-order valence-electron chi connectivity index (χ4n) is 11.7. The number of rotatable bonds is 4. The van der Waals surface area contributed by atoms with Crippen LogP contribution in [0.2, 0.25) is 0 Å². The number of fused-ring (bicyclic) bond motifs is 13. The lowest BCUT2D eigenvalue weighted by Crippen LogP contribution is -2.37. The zero-order valence-corrected chi connectivity index (χ0v) is 42.2. The summed E-state index contributed by atoms with van der Waals surface area (Å²) in [5, 5.41) is 9.68. The first kappa shape index (κ1) is 42.8. The molecule has 4 heterocycles. The summed E-state index contributed by atoms with van der Waals surface area (Å²) >= 11 is 0. The van der Waals surface area contributed by atoms with Gasteiger partial charge >= 0.3 is 0 Å². The number of anilines is 2. The van der Waals surface area contributed by atoms with E-state index in [2.05, 4.69) is 239 Å². The quantitative estimate of drug-likeness (QED) is 0.179. The molecule has 1 aliphatic heterocycles. The first-order chi connectivity index (χ1) is 33.3. The summed E-state index contributed by atoms with van der Waals surface area (Å²) in [5.41, 5.74) is 22.8. The van der Waals surface area contributed by atoms with Gasteiger partial charge in [0.05, 0.1) is 16.4 Å². The molecule has 0 bridgehead atoms. The van der Waals surface area contributed by atoms with Gasteiger partial charge in [-0.3, -0.25) is 0 Å². The van der Waals surface area contributed by atoms with Crippen LogP contribution in [0.3, 0.4) is 0 Å². The van der Waals surface area contributed by atoms with E-state index in [4.69, 9.17) is 8.83 Å². The van der Waals surface area contributed by atoms with Crippen LogP contribution >= 0.6 is 0 Å². The largest absolute Gasteiger partial charge is 0.456 e. The molecular weight excluding hydrogens is 852 g/mol. The second-order valence-corrected chi connectivity index (χ2v) is 23.7. The Bertz CT molecular complexity index is 4010. The van der Waals surface area contributed by atoms with Crippen LogP contribution in [0.4, 0.5) is 11.4 Å². The fourth-order valence-corrected chi connectivity index (χ4v) is 11.7. The molecule has 1 N–H and O–H groups in total. The summed E-state index contributed by atoms with van der Waals surface area (Å²) in [6.45, 7) is 25.5. The van der Waals surface area contributed by atoms with Crippen molar-refractivity contribution in [3.8, 4) is 39.3 Å². The highest BCUT2D eigenvalue weighted by Crippen LogP contribution is 2.54. The average Bonchev–Trinajstić information content (AvgIpc) is 4.07. The minimum atomic E-state index is -0.234. The second kappa shape index (κ2) is 14.4. The smallest absolute Gasteiger partial charge is 0.198 e. The van der Waals surface area contributed by atoms with Crippen molar-refractivity contribution >= 4 is 84.3 Å². The lowest BCUT2D eigenvalue weighted by molar-refractivity contribution is 0.584. The maximum atomic E-state index is 7.28. The van der Waals surface area contributed by atoms with Gasteiger partial charge in [-0.1, -0.05) is 167 Å². The summed E-state index contributed by atoms with van der Waals surface area (Å²) in [6.07, 6.45) is 0. The Morgan fingerprint density at radius 2 is 1.21 bits per heavy atom. The van der Waals surface area contributed by atoms with Crippen LogP contribution in [-0.2, 0) is 21.7 Å². The maximum Gasteiger partial charge on any atom is 0.198 e. The van der Waals surface area contributed by atoms with E-state index in [0.717, 1.165) is 99.8 Å². The highest BCUT2D eigenvalue weighted by molar-refractivity contribution is 6.74. The van der Waals surface area contributed by atoms with Crippen molar-refractivity contribution < 1.29 is 8.83 Å². The number of para-hydroxylation sites is 1. The molecule has 3 aromatic heterocycles. The van der Waals surface area contributed by atoms with Crippen molar-refractivity contribution in [2.24, 2.45) is 0 Å². The first-order valence-corrected chi connectivity index (χ1v) is 25.0. The Kier molecular flexibility index (Phi) is 8.82. The number of hydrogen-bond donors (Lipinski definition) is 1. The van der Waals surface area contributed by atoms with Crippen LogP contribution in [0.15, 0.2) is 154 Å². The predicted molar refractivity (Wildman–Crippen MR) is 297 cm³/mol. The summed E-state index contributed by atoms with van der Waals surface area (Å²) in [5.74, 6) is 0.861. The van der Waals surface area contributed by atoms with Crippen molar-refractivity contribution in [2.45, 2.75) is 97.8 Å². The van der Waals surface area contributed by atoms with Gasteiger partial charge in [-0.05, 0) is 127 Å². The molecule has 0 amide bonds. The minimum absolute atomic E-state index is 0.0194. The van der Waals surface area contributed by atoms with E-state index in [1.807, 2.05) is 0 Å². The van der Waals surface area contributed by atoms with Gasteiger partial charge in [-0.15, -0.1) is 0 Å². The van der Waals surface area contributed by atoms with Gasteiger partial charge in [-0.2, -0.15) is 0 Å². The van der Waals surface area contributed by atoms with Gasteiger partial charge in [0, 0.05) is 55.1 Å². The number of hydrogen-bond acceptors (Lipinski definition) is 3. The van der Waals surface area contributed by atoms with Crippen LogP contribution < -0.4 is 16.2 Å². The van der Waals surface area contributed by atoms with Crippen LogP contribution in [0.5, 0.6) is 0 Å². The third-order valence-corrected chi connectivity index (χ3v) is 15.7. The van der Waals surface area contributed by atoms with Crippen molar-refractivity contribution in [1.82, 2.24) is 4.57 Å². The summed E-state index contributed by atoms with van der Waals surface area (Å²) in [6, 6.07) is 54.1. The highest BCUT2D eigenvalue weighted by Gasteiger charge is 2.39. The summed E-state index contributed by atoms with van der Waals surface area (Å²) in [4.78, 5) is 0. The Labute approximate surface area is 411 Å². The highest BCUT2D eigenvalue weighted by atomic mass is 16.3.